The number of nitrogens with one attached hydrogen (secondary N) is 1. The Labute approximate surface area is 120 Å². The SMILES string of the molecule is CC(C)n1cc2c(n1)CC(NC(=O)[C@@H](C)N)CC2.Cl. The van der Waals surface area contributed by atoms with Crippen molar-refractivity contribution in [1.82, 2.24) is 15.1 Å². The molecule has 1 aliphatic rings. The fourth-order valence-electron chi connectivity index (χ4n) is 2.23. The molecule has 1 heterocycles. The predicted molar refractivity (Wildman–Crippen MR) is 77.5 cm³/mol. The van der Waals surface area contributed by atoms with Gasteiger partial charge in [-0.25, -0.2) is 0 Å². The van der Waals surface area contributed by atoms with E-state index in [9.17, 15) is 4.79 Å². The van der Waals surface area contributed by atoms with Gasteiger partial charge in [0, 0.05) is 24.7 Å². The van der Waals surface area contributed by atoms with Crippen LogP contribution in [0.2, 0.25) is 0 Å². The van der Waals surface area contributed by atoms with E-state index in [1.807, 2.05) is 4.68 Å². The van der Waals surface area contributed by atoms with Crippen molar-refractivity contribution >= 4 is 18.3 Å². The molecule has 108 valence electrons. The maximum absolute atomic E-state index is 11.6. The van der Waals surface area contributed by atoms with Gasteiger partial charge in [-0.2, -0.15) is 5.10 Å². The molecule has 1 aromatic heterocycles. The normalized spacial score (nSPS) is 19.5. The standard InChI is InChI=1S/C13H22N4O.ClH/c1-8(2)17-7-10-4-5-11(6-12(10)16-17)15-13(18)9(3)14;/h7-9,11H,4-6,14H2,1-3H3,(H,15,18);1H/t9-,11?;/m1./s1. The molecule has 0 fully saturated rings. The largest absolute Gasteiger partial charge is 0.352 e. The highest BCUT2D eigenvalue weighted by Crippen LogP contribution is 2.21. The lowest BCUT2D eigenvalue weighted by Gasteiger charge is -2.23. The van der Waals surface area contributed by atoms with Gasteiger partial charge in [-0.15, -0.1) is 12.4 Å². The quantitative estimate of drug-likeness (QED) is 0.877. The van der Waals surface area contributed by atoms with Crippen molar-refractivity contribution in [3.63, 3.8) is 0 Å². The molecule has 19 heavy (non-hydrogen) atoms. The Kier molecular flexibility index (Phi) is 5.38. The Hall–Kier alpha value is -1.07. The van der Waals surface area contributed by atoms with Crippen molar-refractivity contribution in [3.8, 4) is 0 Å². The van der Waals surface area contributed by atoms with Crippen LogP contribution in [0.5, 0.6) is 0 Å². The third-order valence-corrected chi connectivity index (χ3v) is 3.39. The van der Waals surface area contributed by atoms with E-state index in [2.05, 4.69) is 30.5 Å². The number of carbonyl (C=O) groups is 1. The van der Waals surface area contributed by atoms with Crippen LogP contribution < -0.4 is 11.1 Å². The van der Waals surface area contributed by atoms with Crippen LogP contribution >= 0.6 is 12.4 Å². The summed E-state index contributed by atoms with van der Waals surface area (Å²) in [6.45, 7) is 5.94. The van der Waals surface area contributed by atoms with Crippen molar-refractivity contribution in [3.05, 3.63) is 17.5 Å². The van der Waals surface area contributed by atoms with Crippen molar-refractivity contribution in [1.29, 1.82) is 0 Å². The summed E-state index contributed by atoms with van der Waals surface area (Å²) < 4.78 is 2.00. The number of nitrogens with zero attached hydrogens (tertiary/aromatic N) is 2. The fraction of sp³-hybridized carbons (Fsp3) is 0.692. The molecule has 5 nitrogen and oxygen atoms in total. The van der Waals surface area contributed by atoms with Crippen LogP contribution in [0.4, 0.5) is 0 Å². The van der Waals surface area contributed by atoms with Gasteiger partial charge in [0.2, 0.25) is 5.91 Å². The molecule has 0 bridgehead atoms. The molecule has 1 amide bonds. The molecule has 2 atom stereocenters. The Morgan fingerprint density at radius 3 is 2.79 bits per heavy atom. The van der Waals surface area contributed by atoms with Gasteiger partial charge in [0.05, 0.1) is 11.7 Å². The second-order valence-corrected chi connectivity index (χ2v) is 5.41. The molecule has 0 radical (unpaired) electrons. The molecular weight excluding hydrogens is 264 g/mol. The lowest BCUT2D eigenvalue weighted by atomic mass is 9.93. The number of carbonyl (C=O) groups excluding carboxylic acids is 1. The van der Waals surface area contributed by atoms with E-state index < -0.39 is 6.04 Å². The molecule has 1 aromatic rings. The lowest BCUT2D eigenvalue weighted by molar-refractivity contribution is -0.122. The highest BCUT2D eigenvalue weighted by molar-refractivity contribution is 5.85. The highest BCUT2D eigenvalue weighted by Gasteiger charge is 2.24. The van der Waals surface area contributed by atoms with Gasteiger partial charge >= 0.3 is 0 Å². The van der Waals surface area contributed by atoms with Crippen LogP contribution in [0.1, 0.15) is 44.5 Å². The van der Waals surface area contributed by atoms with Crippen molar-refractivity contribution in [2.75, 3.05) is 0 Å². The molecule has 0 spiro atoms. The van der Waals surface area contributed by atoms with E-state index in [1.54, 1.807) is 6.92 Å². The second-order valence-electron chi connectivity index (χ2n) is 5.41. The molecule has 1 unspecified atom stereocenters. The molecule has 0 aromatic carbocycles. The minimum atomic E-state index is -0.445. The molecule has 1 aliphatic carbocycles. The summed E-state index contributed by atoms with van der Waals surface area (Å²) in [4.78, 5) is 11.6. The van der Waals surface area contributed by atoms with Gasteiger partial charge in [0.1, 0.15) is 0 Å². The molecule has 0 saturated carbocycles. The number of halogens is 1. The van der Waals surface area contributed by atoms with Crippen LogP contribution in [-0.2, 0) is 17.6 Å². The number of hydrogen-bond acceptors (Lipinski definition) is 3. The maximum Gasteiger partial charge on any atom is 0.236 e. The van der Waals surface area contributed by atoms with Gasteiger partial charge < -0.3 is 11.1 Å². The van der Waals surface area contributed by atoms with E-state index in [0.717, 1.165) is 25.0 Å². The van der Waals surface area contributed by atoms with Gasteiger partial charge in [-0.3, -0.25) is 9.48 Å². The number of aryl methyl sites for hydroxylation is 1. The number of aromatic nitrogens is 2. The van der Waals surface area contributed by atoms with E-state index in [-0.39, 0.29) is 24.4 Å². The zero-order chi connectivity index (χ0) is 13.3. The van der Waals surface area contributed by atoms with Crippen LogP contribution in [0.25, 0.3) is 0 Å². The van der Waals surface area contributed by atoms with Crippen LogP contribution in [0, 0.1) is 0 Å². The summed E-state index contributed by atoms with van der Waals surface area (Å²) in [6.07, 6.45) is 4.89. The van der Waals surface area contributed by atoms with E-state index >= 15 is 0 Å². The van der Waals surface area contributed by atoms with Gasteiger partial charge in [-0.05, 0) is 39.2 Å². The fourth-order valence-corrected chi connectivity index (χ4v) is 2.23. The minimum Gasteiger partial charge on any atom is -0.352 e. The highest BCUT2D eigenvalue weighted by atomic mass is 35.5. The number of fused-ring (bicyclic) bond motifs is 1. The monoisotopic (exact) mass is 286 g/mol. The second kappa shape index (κ2) is 6.39. The van der Waals surface area contributed by atoms with Crippen molar-refractivity contribution in [2.45, 2.75) is 58.2 Å². The van der Waals surface area contributed by atoms with Crippen LogP contribution in [0.3, 0.4) is 0 Å². The topological polar surface area (TPSA) is 72.9 Å². The van der Waals surface area contributed by atoms with E-state index in [4.69, 9.17) is 5.73 Å². The van der Waals surface area contributed by atoms with Crippen molar-refractivity contribution < 1.29 is 4.79 Å². The van der Waals surface area contributed by atoms with Gasteiger partial charge in [-0.1, -0.05) is 0 Å². The molecule has 6 heteroatoms. The summed E-state index contributed by atoms with van der Waals surface area (Å²) in [5.41, 5.74) is 7.99. The number of rotatable bonds is 3. The maximum atomic E-state index is 11.6. The Morgan fingerprint density at radius 2 is 2.21 bits per heavy atom. The zero-order valence-corrected chi connectivity index (χ0v) is 12.5. The average Bonchev–Trinajstić information content (AvgIpc) is 2.71. The molecule has 3 N–H and O–H groups in total. The Bertz CT molecular complexity index is 442. The summed E-state index contributed by atoms with van der Waals surface area (Å²) >= 11 is 0. The summed E-state index contributed by atoms with van der Waals surface area (Å²) in [5.74, 6) is -0.0771. The first kappa shape index (κ1) is 16.0. The summed E-state index contributed by atoms with van der Waals surface area (Å²) in [7, 11) is 0. The number of hydrogen-bond donors (Lipinski definition) is 2. The van der Waals surface area contributed by atoms with Crippen LogP contribution in [-0.4, -0.2) is 27.8 Å². The van der Waals surface area contributed by atoms with Gasteiger partial charge in [0.15, 0.2) is 0 Å². The molecule has 2 rings (SSSR count). The molecular formula is C13H23ClN4O. The molecule has 0 aliphatic heterocycles. The van der Waals surface area contributed by atoms with Gasteiger partial charge in [0.25, 0.3) is 0 Å². The summed E-state index contributed by atoms with van der Waals surface area (Å²) in [6, 6.07) is 0.110. The van der Waals surface area contributed by atoms with E-state index in [1.165, 1.54) is 5.56 Å². The zero-order valence-electron chi connectivity index (χ0n) is 11.7. The average molecular weight is 287 g/mol. The summed E-state index contributed by atoms with van der Waals surface area (Å²) in [5, 5.41) is 7.57. The first-order valence-corrected chi connectivity index (χ1v) is 6.60. The smallest absolute Gasteiger partial charge is 0.236 e. The number of amides is 1. The lowest BCUT2D eigenvalue weighted by Crippen LogP contribution is -2.45. The van der Waals surface area contributed by atoms with Crippen LogP contribution in [0.15, 0.2) is 6.20 Å². The minimum absolute atomic E-state index is 0. The molecule has 0 saturated heterocycles. The number of nitrogens with two attached hydrogens (primary N) is 1. The Morgan fingerprint density at radius 1 is 1.53 bits per heavy atom. The Balaban J connectivity index is 0.00000180. The van der Waals surface area contributed by atoms with E-state index in [0.29, 0.717) is 6.04 Å². The third-order valence-electron chi connectivity index (χ3n) is 3.39. The predicted octanol–water partition coefficient (Wildman–Crippen LogP) is 1.21. The first-order valence-electron chi connectivity index (χ1n) is 6.60. The first-order chi connectivity index (χ1) is 8.47. The third kappa shape index (κ3) is 3.70. The van der Waals surface area contributed by atoms with Crippen molar-refractivity contribution in [2.24, 2.45) is 5.73 Å².